The minimum absolute atomic E-state index is 0.0543. The summed E-state index contributed by atoms with van der Waals surface area (Å²) in [5, 5.41) is 5.41. The maximum Gasteiger partial charge on any atom is 0.224 e. The van der Waals surface area contributed by atoms with E-state index in [0.29, 0.717) is 22.5 Å². The van der Waals surface area contributed by atoms with E-state index in [-0.39, 0.29) is 47.7 Å². The van der Waals surface area contributed by atoms with Crippen molar-refractivity contribution >= 4 is 44.6 Å². The number of sulfone groups is 1. The molecule has 3 rings (SSSR count). The molecule has 2 amide bonds. The lowest BCUT2D eigenvalue weighted by molar-refractivity contribution is -0.119. The lowest BCUT2D eigenvalue weighted by Gasteiger charge is -2.17. The second-order valence-corrected chi connectivity index (χ2v) is 10.5. The van der Waals surface area contributed by atoms with Gasteiger partial charge in [0.25, 0.3) is 0 Å². The number of ketones is 2. The van der Waals surface area contributed by atoms with Crippen molar-refractivity contribution in [1.29, 1.82) is 0 Å². The molecule has 0 aromatic heterocycles. The molecule has 0 aliphatic carbocycles. The van der Waals surface area contributed by atoms with Crippen LogP contribution in [-0.4, -0.2) is 43.3 Å². The lowest BCUT2D eigenvalue weighted by atomic mass is 9.89. The molecule has 8 nitrogen and oxygen atoms in total. The van der Waals surface area contributed by atoms with Crippen LogP contribution >= 0.6 is 0 Å². The predicted octanol–water partition coefficient (Wildman–Crippen LogP) is 3.11. The molecule has 1 heterocycles. The van der Waals surface area contributed by atoms with E-state index < -0.39 is 21.7 Å². The largest absolute Gasteiger partial charge is 0.326 e. The van der Waals surface area contributed by atoms with Gasteiger partial charge in [0.05, 0.1) is 11.5 Å². The molecule has 0 radical (unpaired) electrons. The van der Waals surface area contributed by atoms with Crippen LogP contribution < -0.4 is 10.6 Å². The Morgan fingerprint density at radius 3 is 1.52 bits per heavy atom. The number of Topliss-reactive ketones (excluding diaryl/α,β-unsaturated/α-hetero) is 2. The fourth-order valence-corrected chi connectivity index (χ4v) is 6.20. The molecule has 0 saturated carbocycles. The van der Waals surface area contributed by atoms with E-state index in [2.05, 4.69) is 10.6 Å². The van der Waals surface area contributed by atoms with Crippen LogP contribution in [0, 0.1) is 11.8 Å². The Kier molecular flexibility index (Phi) is 7.43. The summed E-state index contributed by atoms with van der Waals surface area (Å²) in [6, 6.07) is 13.0. The zero-order chi connectivity index (χ0) is 24.2. The van der Waals surface area contributed by atoms with Gasteiger partial charge in [-0.05, 0) is 49.9 Å². The van der Waals surface area contributed by atoms with Gasteiger partial charge in [-0.15, -0.1) is 0 Å². The van der Waals surface area contributed by atoms with Crippen molar-refractivity contribution in [3.05, 3.63) is 59.7 Å². The second kappa shape index (κ2) is 10.1. The smallest absolute Gasteiger partial charge is 0.224 e. The zero-order valence-corrected chi connectivity index (χ0v) is 19.3. The molecule has 1 saturated heterocycles. The molecule has 0 bridgehead atoms. The summed E-state index contributed by atoms with van der Waals surface area (Å²) >= 11 is 0. The number of amides is 2. The van der Waals surface area contributed by atoms with Crippen molar-refractivity contribution in [2.45, 2.75) is 26.7 Å². The Morgan fingerprint density at radius 2 is 1.15 bits per heavy atom. The first kappa shape index (κ1) is 24.3. The number of carbonyl (C=O) groups excluding carboxylic acids is 4. The molecule has 33 heavy (non-hydrogen) atoms. The van der Waals surface area contributed by atoms with Gasteiger partial charge in [-0.25, -0.2) is 8.42 Å². The highest BCUT2D eigenvalue weighted by molar-refractivity contribution is 7.91. The van der Waals surface area contributed by atoms with Gasteiger partial charge in [-0.2, -0.15) is 0 Å². The highest BCUT2D eigenvalue weighted by Crippen LogP contribution is 2.31. The van der Waals surface area contributed by atoms with E-state index in [1.54, 1.807) is 48.5 Å². The summed E-state index contributed by atoms with van der Waals surface area (Å²) in [6.07, 6.45) is -0.109. The summed E-state index contributed by atoms with van der Waals surface area (Å²) in [6.45, 7) is 2.85. The van der Waals surface area contributed by atoms with E-state index >= 15 is 0 Å². The molecule has 0 spiro atoms. The minimum atomic E-state index is -3.37. The fourth-order valence-electron chi connectivity index (χ4n) is 3.98. The average molecular weight is 471 g/mol. The Hall–Kier alpha value is -3.33. The Bertz CT molecular complexity index is 1120. The van der Waals surface area contributed by atoms with Gasteiger partial charge >= 0.3 is 0 Å². The van der Waals surface area contributed by atoms with E-state index in [9.17, 15) is 27.6 Å². The summed E-state index contributed by atoms with van der Waals surface area (Å²) < 4.78 is 24.5. The molecule has 1 aliphatic heterocycles. The zero-order valence-electron chi connectivity index (χ0n) is 18.5. The Morgan fingerprint density at radius 1 is 0.758 bits per heavy atom. The normalized spacial score (nSPS) is 19.0. The fraction of sp³-hybridized carbons (Fsp3) is 0.333. The first-order valence-corrected chi connectivity index (χ1v) is 12.4. The van der Waals surface area contributed by atoms with Crippen molar-refractivity contribution < 1.29 is 27.6 Å². The van der Waals surface area contributed by atoms with Crippen LogP contribution in [0.15, 0.2) is 48.5 Å². The third kappa shape index (κ3) is 6.82. The van der Waals surface area contributed by atoms with E-state index in [1.165, 1.54) is 13.8 Å². The molecule has 2 N–H and O–H groups in total. The molecule has 9 heteroatoms. The molecule has 1 aliphatic rings. The summed E-state index contributed by atoms with van der Waals surface area (Å²) in [7, 11) is -3.37. The first-order valence-electron chi connectivity index (χ1n) is 10.5. The maximum atomic E-state index is 12.6. The van der Waals surface area contributed by atoms with Gasteiger partial charge < -0.3 is 10.6 Å². The molecule has 2 aromatic carbocycles. The van der Waals surface area contributed by atoms with Crippen molar-refractivity contribution in [1.82, 2.24) is 0 Å². The maximum absolute atomic E-state index is 12.6. The third-order valence-corrected chi connectivity index (χ3v) is 7.48. The summed E-state index contributed by atoms with van der Waals surface area (Å²) in [5.74, 6) is -2.34. The Labute approximate surface area is 192 Å². The minimum Gasteiger partial charge on any atom is -0.326 e. The molecule has 2 atom stereocenters. The lowest BCUT2D eigenvalue weighted by Crippen LogP contribution is -2.25. The highest BCUT2D eigenvalue weighted by Gasteiger charge is 2.39. The van der Waals surface area contributed by atoms with Gasteiger partial charge in [0.1, 0.15) is 0 Å². The quantitative estimate of drug-likeness (QED) is 0.571. The van der Waals surface area contributed by atoms with Crippen molar-refractivity contribution in [2.24, 2.45) is 11.8 Å². The number of hydrogen-bond donors (Lipinski definition) is 2. The summed E-state index contributed by atoms with van der Waals surface area (Å²) in [4.78, 5) is 48.2. The number of rotatable bonds is 8. The van der Waals surface area contributed by atoms with Crippen LogP contribution in [0.2, 0.25) is 0 Å². The second-order valence-electron chi connectivity index (χ2n) is 8.38. The van der Waals surface area contributed by atoms with Gasteiger partial charge in [-0.1, -0.05) is 24.3 Å². The monoisotopic (exact) mass is 470 g/mol. The standard InChI is InChI=1S/C24H26N2O6S/c1-15(27)17-5-3-7-21(9-17)25-23(29)11-19-13-33(31,32)14-20(19)12-24(30)26-22-8-4-6-18(10-22)16(2)28/h3-10,19-20H,11-14H2,1-2H3,(H,25,29)(H,26,30)/t19-,20-/m0/s1. The van der Waals surface area contributed by atoms with Crippen LogP contribution in [0.25, 0.3) is 0 Å². The van der Waals surface area contributed by atoms with Crippen molar-refractivity contribution in [3.8, 4) is 0 Å². The first-order chi connectivity index (χ1) is 15.5. The highest BCUT2D eigenvalue weighted by atomic mass is 32.2. The van der Waals surface area contributed by atoms with Gasteiger partial charge in [0, 0.05) is 35.3 Å². The SMILES string of the molecule is CC(=O)c1cccc(NC(=O)C[C@H]2CS(=O)(=O)C[C@@H]2CC(=O)Nc2cccc(C(C)=O)c2)c1. The van der Waals surface area contributed by atoms with E-state index in [0.717, 1.165) is 0 Å². The molecule has 1 fully saturated rings. The third-order valence-electron chi connectivity index (χ3n) is 5.60. The van der Waals surface area contributed by atoms with Crippen LogP contribution in [0.5, 0.6) is 0 Å². The Balaban J connectivity index is 1.64. The number of hydrogen-bond acceptors (Lipinski definition) is 6. The number of carbonyl (C=O) groups is 4. The van der Waals surface area contributed by atoms with E-state index in [4.69, 9.17) is 0 Å². The topological polar surface area (TPSA) is 126 Å². The van der Waals surface area contributed by atoms with Crippen molar-refractivity contribution in [3.63, 3.8) is 0 Å². The van der Waals surface area contributed by atoms with Crippen LogP contribution in [0.3, 0.4) is 0 Å². The van der Waals surface area contributed by atoms with Crippen LogP contribution in [-0.2, 0) is 19.4 Å². The van der Waals surface area contributed by atoms with Gasteiger partial charge in [0.15, 0.2) is 21.4 Å². The summed E-state index contributed by atoms with van der Waals surface area (Å²) in [5.41, 5.74) is 1.82. The number of benzene rings is 2. The number of anilines is 2. The molecular formula is C24H26N2O6S. The predicted molar refractivity (Wildman–Crippen MR) is 125 cm³/mol. The molecule has 0 unspecified atom stereocenters. The number of nitrogens with one attached hydrogen (secondary N) is 2. The molecular weight excluding hydrogens is 444 g/mol. The van der Waals surface area contributed by atoms with Crippen LogP contribution in [0.1, 0.15) is 47.4 Å². The van der Waals surface area contributed by atoms with E-state index in [1.807, 2.05) is 0 Å². The molecule has 174 valence electrons. The molecule has 2 aromatic rings. The van der Waals surface area contributed by atoms with Gasteiger partial charge in [-0.3, -0.25) is 19.2 Å². The van der Waals surface area contributed by atoms with Gasteiger partial charge in [0.2, 0.25) is 11.8 Å². The van der Waals surface area contributed by atoms with Crippen molar-refractivity contribution in [2.75, 3.05) is 22.1 Å². The van der Waals surface area contributed by atoms with Crippen LogP contribution in [0.4, 0.5) is 11.4 Å². The average Bonchev–Trinajstić information content (AvgIpc) is 3.00.